The van der Waals surface area contributed by atoms with Gasteiger partial charge in [0.25, 0.3) is 0 Å². The Labute approximate surface area is 137 Å². The molecule has 0 heterocycles. The first-order valence-electron chi connectivity index (χ1n) is 6.98. The molecule has 0 aromatic heterocycles. The predicted octanol–water partition coefficient (Wildman–Crippen LogP) is -2.32. The van der Waals surface area contributed by atoms with Crippen LogP contribution in [0.15, 0.2) is 30.3 Å². The van der Waals surface area contributed by atoms with E-state index in [9.17, 15) is 29.4 Å². The Morgan fingerprint density at radius 1 is 1.08 bits per heavy atom. The smallest absolute Gasteiger partial charge is 0.408 e. The number of carboxylic acid groups (broad SMARTS) is 2. The van der Waals surface area contributed by atoms with E-state index in [-0.39, 0.29) is 6.61 Å². The summed E-state index contributed by atoms with van der Waals surface area (Å²) in [5, 5.41) is 25.3. The van der Waals surface area contributed by atoms with Gasteiger partial charge in [-0.15, -0.1) is 0 Å². The zero-order valence-corrected chi connectivity index (χ0v) is 12.8. The van der Waals surface area contributed by atoms with Crippen molar-refractivity contribution in [2.24, 2.45) is 0 Å². The Kier molecular flexibility index (Phi) is 7.21. The third-order valence-electron chi connectivity index (χ3n) is 2.91. The number of ether oxygens (including phenoxy) is 1. The predicted molar refractivity (Wildman–Crippen MR) is 75.8 cm³/mol. The number of alkyl carbamates (subject to hydrolysis) is 1. The van der Waals surface area contributed by atoms with Gasteiger partial charge < -0.3 is 35.2 Å². The average Bonchev–Trinajstić information content (AvgIpc) is 2.52. The largest absolute Gasteiger partial charge is 0.550 e. The Hall–Kier alpha value is -3.10. The van der Waals surface area contributed by atoms with Crippen LogP contribution in [-0.4, -0.2) is 36.0 Å². The molecule has 2 amide bonds. The number of benzene rings is 1. The minimum absolute atomic E-state index is 0.00658. The number of hydrogen-bond donors (Lipinski definition) is 2. The maximum Gasteiger partial charge on any atom is 0.408 e. The average molecular weight is 336 g/mol. The molecule has 1 aromatic carbocycles. The van der Waals surface area contributed by atoms with Crippen LogP contribution in [0, 0.1) is 0 Å². The second-order valence-electron chi connectivity index (χ2n) is 4.88. The molecule has 0 bridgehead atoms. The van der Waals surface area contributed by atoms with Crippen molar-refractivity contribution >= 4 is 23.9 Å². The summed E-state index contributed by atoms with van der Waals surface area (Å²) in [5.74, 6) is -4.33. The third kappa shape index (κ3) is 6.77. The number of carbonyl (C=O) groups is 4. The Morgan fingerprint density at radius 3 is 2.25 bits per heavy atom. The van der Waals surface area contributed by atoms with Gasteiger partial charge >= 0.3 is 6.09 Å². The highest BCUT2D eigenvalue weighted by molar-refractivity contribution is 5.89. The van der Waals surface area contributed by atoms with Gasteiger partial charge in [0.15, 0.2) is 0 Å². The number of nitrogens with one attached hydrogen (secondary N) is 2. The van der Waals surface area contributed by atoms with E-state index in [4.69, 9.17) is 4.74 Å². The van der Waals surface area contributed by atoms with Gasteiger partial charge in [-0.05, 0) is 12.5 Å². The molecular formula is C15H16N2O7-2. The van der Waals surface area contributed by atoms with Crippen molar-refractivity contribution in [2.75, 3.05) is 0 Å². The minimum Gasteiger partial charge on any atom is -0.550 e. The Bertz CT molecular complexity index is 603. The summed E-state index contributed by atoms with van der Waals surface area (Å²) in [5.41, 5.74) is 0.746. The minimum atomic E-state index is -1.77. The maximum atomic E-state index is 11.8. The first kappa shape index (κ1) is 18.9. The van der Waals surface area contributed by atoms with Crippen LogP contribution in [0.1, 0.15) is 18.9 Å². The lowest BCUT2D eigenvalue weighted by molar-refractivity contribution is -0.317. The topological polar surface area (TPSA) is 148 Å². The van der Waals surface area contributed by atoms with E-state index in [2.05, 4.69) is 5.32 Å². The lowest BCUT2D eigenvalue weighted by Crippen LogP contribution is -2.55. The fraction of sp³-hybridized carbons (Fsp3) is 0.333. The van der Waals surface area contributed by atoms with E-state index >= 15 is 0 Å². The lowest BCUT2D eigenvalue weighted by atomic mass is 10.2. The van der Waals surface area contributed by atoms with Crippen LogP contribution in [0.2, 0.25) is 0 Å². The highest BCUT2D eigenvalue weighted by Crippen LogP contribution is 2.01. The Balaban J connectivity index is 2.45. The molecular weight excluding hydrogens is 320 g/mol. The van der Waals surface area contributed by atoms with Crippen LogP contribution >= 0.6 is 0 Å². The number of hydrogen-bond acceptors (Lipinski definition) is 7. The monoisotopic (exact) mass is 336 g/mol. The first-order chi connectivity index (χ1) is 11.3. The van der Waals surface area contributed by atoms with Crippen molar-refractivity contribution in [3.05, 3.63) is 35.9 Å². The summed E-state index contributed by atoms with van der Waals surface area (Å²) >= 11 is 0. The normalized spacial score (nSPS) is 12.5. The zero-order valence-electron chi connectivity index (χ0n) is 12.8. The number of amides is 2. The molecule has 1 aromatic rings. The number of carbonyl (C=O) groups excluding carboxylic acids is 4. The van der Waals surface area contributed by atoms with Crippen LogP contribution < -0.4 is 20.8 Å². The van der Waals surface area contributed by atoms with Gasteiger partial charge in [-0.1, -0.05) is 30.3 Å². The fourth-order valence-corrected chi connectivity index (χ4v) is 1.66. The highest BCUT2D eigenvalue weighted by atomic mass is 16.5. The number of aliphatic carboxylic acids is 2. The first-order valence-corrected chi connectivity index (χ1v) is 6.98. The molecule has 24 heavy (non-hydrogen) atoms. The Morgan fingerprint density at radius 2 is 1.71 bits per heavy atom. The number of carboxylic acids is 2. The summed E-state index contributed by atoms with van der Waals surface area (Å²) in [6, 6.07) is 5.93. The van der Waals surface area contributed by atoms with Crippen molar-refractivity contribution in [3.63, 3.8) is 0 Å². The standard InChI is InChI=1S/C15H18N2O7/c1-9(13(20)17-11(14(21)22)7-12(18)19)16-15(23)24-8-10-5-3-2-4-6-10/h2-6,9,11H,7-8H2,1H3,(H,16,23)(H,17,20)(H,18,19)(H,21,22)/p-2/t9-,11-/m0/s1. The molecule has 0 spiro atoms. The van der Waals surface area contributed by atoms with E-state index < -0.39 is 42.4 Å². The zero-order chi connectivity index (χ0) is 18.1. The molecule has 0 saturated carbocycles. The van der Waals surface area contributed by atoms with Crippen molar-refractivity contribution in [2.45, 2.75) is 32.0 Å². The summed E-state index contributed by atoms with van der Waals surface area (Å²) in [6.45, 7) is 1.28. The van der Waals surface area contributed by atoms with Crippen molar-refractivity contribution in [1.82, 2.24) is 10.6 Å². The SMILES string of the molecule is C[C@H](NC(=O)OCc1ccccc1)C(=O)N[C@@H](CC(=O)[O-])C(=O)[O-]. The van der Waals surface area contributed by atoms with Gasteiger partial charge in [0, 0.05) is 12.4 Å². The molecule has 0 saturated heterocycles. The van der Waals surface area contributed by atoms with Crippen molar-refractivity contribution in [3.8, 4) is 0 Å². The second-order valence-corrected chi connectivity index (χ2v) is 4.88. The third-order valence-corrected chi connectivity index (χ3v) is 2.91. The molecule has 1 rings (SSSR count). The molecule has 0 aliphatic rings. The van der Waals surface area contributed by atoms with E-state index in [1.54, 1.807) is 30.3 Å². The molecule has 0 radical (unpaired) electrons. The lowest BCUT2D eigenvalue weighted by Gasteiger charge is -2.22. The molecule has 0 unspecified atom stereocenters. The van der Waals surface area contributed by atoms with Crippen molar-refractivity contribution < 1.29 is 34.1 Å². The van der Waals surface area contributed by atoms with E-state index in [0.717, 1.165) is 5.56 Å². The van der Waals surface area contributed by atoms with E-state index in [0.29, 0.717) is 0 Å². The van der Waals surface area contributed by atoms with Gasteiger partial charge in [0.2, 0.25) is 5.91 Å². The van der Waals surface area contributed by atoms with Crippen LogP contribution in [0.3, 0.4) is 0 Å². The molecule has 0 fully saturated rings. The molecule has 0 aliphatic heterocycles. The summed E-state index contributed by atoms with van der Waals surface area (Å²) in [4.78, 5) is 44.5. The highest BCUT2D eigenvalue weighted by Gasteiger charge is 2.20. The van der Waals surface area contributed by atoms with Crippen LogP contribution in [0.5, 0.6) is 0 Å². The molecule has 9 heteroatoms. The summed E-state index contributed by atoms with van der Waals surface area (Å²) in [7, 11) is 0. The van der Waals surface area contributed by atoms with Gasteiger partial charge in [0.05, 0.1) is 12.0 Å². The second kappa shape index (κ2) is 9.13. The van der Waals surface area contributed by atoms with Gasteiger partial charge in [-0.2, -0.15) is 0 Å². The van der Waals surface area contributed by atoms with Gasteiger partial charge in [-0.25, -0.2) is 4.79 Å². The maximum absolute atomic E-state index is 11.8. The van der Waals surface area contributed by atoms with Crippen molar-refractivity contribution in [1.29, 1.82) is 0 Å². The quantitative estimate of drug-likeness (QED) is 0.541. The van der Waals surface area contributed by atoms with Crippen LogP contribution in [0.4, 0.5) is 4.79 Å². The molecule has 9 nitrogen and oxygen atoms in total. The number of rotatable bonds is 8. The molecule has 0 aliphatic carbocycles. The van der Waals surface area contributed by atoms with Crippen LogP contribution in [0.25, 0.3) is 0 Å². The molecule has 130 valence electrons. The fourth-order valence-electron chi connectivity index (χ4n) is 1.66. The summed E-state index contributed by atoms with van der Waals surface area (Å²) < 4.78 is 4.90. The van der Waals surface area contributed by atoms with E-state index in [1.807, 2.05) is 5.32 Å². The summed E-state index contributed by atoms with van der Waals surface area (Å²) in [6.07, 6.45) is -1.83. The van der Waals surface area contributed by atoms with Crippen LogP contribution in [-0.2, 0) is 25.7 Å². The van der Waals surface area contributed by atoms with Gasteiger partial charge in [-0.3, -0.25) is 4.79 Å². The van der Waals surface area contributed by atoms with Gasteiger partial charge in [0.1, 0.15) is 12.6 Å². The molecule has 2 N–H and O–H groups in total. The molecule has 2 atom stereocenters. The van der Waals surface area contributed by atoms with E-state index in [1.165, 1.54) is 6.92 Å².